The minimum atomic E-state index is -0.363. The maximum Gasteiger partial charge on any atom is 0.242 e. The van der Waals surface area contributed by atoms with E-state index in [0.29, 0.717) is 19.5 Å². The van der Waals surface area contributed by atoms with Crippen LogP contribution in [0.25, 0.3) is 0 Å². The first-order valence-corrected chi connectivity index (χ1v) is 6.82. The highest BCUT2D eigenvalue weighted by molar-refractivity contribution is 5.87. The summed E-state index contributed by atoms with van der Waals surface area (Å²) in [5.74, 6) is 2.48. The Morgan fingerprint density at radius 1 is 1.58 bits per heavy atom. The molecule has 5 heteroatoms. The minimum Gasteiger partial charge on any atom is -0.354 e. The summed E-state index contributed by atoms with van der Waals surface area (Å²) in [4.78, 5) is 25.3. The maximum absolute atomic E-state index is 11.9. The molecule has 0 aromatic carbocycles. The van der Waals surface area contributed by atoms with E-state index in [1.165, 1.54) is 0 Å². The van der Waals surface area contributed by atoms with Crippen LogP contribution in [-0.2, 0) is 9.59 Å². The average Bonchev–Trinajstić information content (AvgIpc) is 2.59. The van der Waals surface area contributed by atoms with E-state index in [2.05, 4.69) is 16.6 Å². The number of carbonyl (C=O) groups is 2. The van der Waals surface area contributed by atoms with E-state index in [4.69, 9.17) is 6.42 Å². The second-order valence-corrected chi connectivity index (χ2v) is 4.95. The van der Waals surface area contributed by atoms with E-state index in [1.807, 2.05) is 11.9 Å². The van der Waals surface area contributed by atoms with Crippen molar-refractivity contribution < 1.29 is 9.59 Å². The Morgan fingerprint density at radius 2 is 2.37 bits per heavy atom. The topological polar surface area (TPSA) is 61.4 Å². The van der Waals surface area contributed by atoms with Gasteiger partial charge in [-0.15, -0.1) is 6.42 Å². The third-order valence-electron chi connectivity index (χ3n) is 3.18. The molecule has 1 atom stereocenters. The van der Waals surface area contributed by atoms with Crippen LogP contribution in [0.2, 0.25) is 0 Å². The van der Waals surface area contributed by atoms with Crippen molar-refractivity contribution in [3.05, 3.63) is 0 Å². The van der Waals surface area contributed by atoms with Crippen LogP contribution >= 0.6 is 0 Å². The number of terminal acetylenes is 1. The molecule has 0 radical (unpaired) electrons. The Hall–Kier alpha value is -1.54. The Kier molecular flexibility index (Phi) is 6.98. The zero-order valence-electron chi connectivity index (χ0n) is 11.6. The van der Waals surface area contributed by atoms with E-state index in [0.717, 1.165) is 32.2 Å². The normalized spacial score (nSPS) is 19.4. The number of nitrogens with zero attached hydrogens (tertiary/aromatic N) is 1. The van der Waals surface area contributed by atoms with Gasteiger partial charge in [0, 0.05) is 19.5 Å². The molecule has 5 nitrogen and oxygen atoms in total. The average molecular weight is 265 g/mol. The van der Waals surface area contributed by atoms with Crippen molar-refractivity contribution in [2.75, 3.05) is 26.7 Å². The van der Waals surface area contributed by atoms with Gasteiger partial charge in [0.2, 0.25) is 11.8 Å². The van der Waals surface area contributed by atoms with Crippen LogP contribution < -0.4 is 10.6 Å². The van der Waals surface area contributed by atoms with Gasteiger partial charge in [-0.05, 0) is 26.3 Å². The summed E-state index contributed by atoms with van der Waals surface area (Å²) in [6, 6.07) is -0.363. The molecule has 1 fully saturated rings. The van der Waals surface area contributed by atoms with E-state index in [1.54, 1.807) is 0 Å². The quantitative estimate of drug-likeness (QED) is 0.529. The lowest BCUT2D eigenvalue weighted by atomic mass is 10.1. The van der Waals surface area contributed by atoms with Crippen LogP contribution in [0.3, 0.4) is 0 Å². The van der Waals surface area contributed by atoms with Crippen molar-refractivity contribution in [2.45, 2.75) is 38.1 Å². The fraction of sp³-hybridized carbons (Fsp3) is 0.714. The number of nitrogens with one attached hydrogen (secondary N) is 2. The molecular weight excluding hydrogens is 242 g/mol. The molecule has 1 rings (SSSR count). The molecule has 2 amide bonds. The first-order valence-electron chi connectivity index (χ1n) is 6.82. The summed E-state index contributed by atoms with van der Waals surface area (Å²) >= 11 is 0. The lowest BCUT2D eigenvalue weighted by molar-refractivity contribution is -0.128. The van der Waals surface area contributed by atoms with Crippen molar-refractivity contribution in [1.82, 2.24) is 15.5 Å². The van der Waals surface area contributed by atoms with E-state index in [-0.39, 0.29) is 17.9 Å². The van der Waals surface area contributed by atoms with Gasteiger partial charge in [0.1, 0.15) is 6.04 Å². The van der Waals surface area contributed by atoms with Gasteiger partial charge >= 0.3 is 0 Å². The van der Waals surface area contributed by atoms with E-state index >= 15 is 0 Å². The van der Waals surface area contributed by atoms with Gasteiger partial charge < -0.3 is 10.6 Å². The van der Waals surface area contributed by atoms with Crippen LogP contribution in [0.1, 0.15) is 32.1 Å². The summed E-state index contributed by atoms with van der Waals surface area (Å²) in [6.07, 6.45) is 9.10. The molecule has 0 unspecified atom stereocenters. The van der Waals surface area contributed by atoms with Gasteiger partial charge in [-0.25, -0.2) is 0 Å². The molecule has 106 valence electrons. The second kappa shape index (κ2) is 8.54. The fourth-order valence-electron chi connectivity index (χ4n) is 2.09. The zero-order valence-corrected chi connectivity index (χ0v) is 11.6. The molecular formula is C14H23N3O2. The van der Waals surface area contributed by atoms with Crippen LogP contribution in [0.15, 0.2) is 0 Å². The summed E-state index contributed by atoms with van der Waals surface area (Å²) in [6.45, 7) is 2.08. The van der Waals surface area contributed by atoms with Gasteiger partial charge in [-0.3, -0.25) is 14.5 Å². The third-order valence-corrected chi connectivity index (χ3v) is 3.18. The number of amides is 2. The molecule has 1 aliphatic rings. The van der Waals surface area contributed by atoms with Crippen molar-refractivity contribution in [3.8, 4) is 12.3 Å². The van der Waals surface area contributed by atoms with Gasteiger partial charge in [-0.1, -0.05) is 12.3 Å². The molecule has 1 heterocycles. The zero-order chi connectivity index (χ0) is 14.1. The van der Waals surface area contributed by atoms with Crippen molar-refractivity contribution in [3.63, 3.8) is 0 Å². The van der Waals surface area contributed by atoms with Crippen molar-refractivity contribution in [2.24, 2.45) is 0 Å². The Morgan fingerprint density at radius 3 is 3.11 bits per heavy atom. The Labute approximate surface area is 115 Å². The highest BCUT2D eigenvalue weighted by Crippen LogP contribution is 2.09. The predicted molar refractivity (Wildman–Crippen MR) is 74.4 cm³/mol. The monoisotopic (exact) mass is 265 g/mol. The first kappa shape index (κ1) is 15.5. The molecule has 2 N–H and O–H groups in total. The largest absolute Gasteiger partial charge is 0.354 e. The van der Waals surface area contributed by atoms with Crippen molar-refractivity contribution in [1.29, 1.82) is 0 Å². The molecule has 0 aliphatic carbocycles. The molecule has 0 bridgehead atoms. The molecule has 0 spiro atoms. The molecule has 1 aliphatic heterocycles. The lowest BCUT2D eigenvalue weighted by Gasteiger charge is -2.17. The van der Waals surface area contributed by atoms with Crippen LogP contribution in [0.4, 0.5) is 0 Å². The smallest absolute Gasteiger partial charge is 0.242 e. The van der Waals surface area contributed by atoms with E-state index < -0.39 is 0 Å². The first-order chi connectivity index (χ1) is 9.13. The maximum atomic E-state index is 11.9. The number of rotatable bonds is 6. The highest BCUT2D eigenvalue weighted by Gasteiger charge is 2.22. The Bertz CT molecular complexity index is 349. The molecule has 19 heavy (non-hydrogen) atoms. The predicted octanol–water partition coefficient (Wildman–Crippen LogP) is 0.117. The number of hydrogen-bond acceptors (Lipinski definition) is 3. The van der Waals surface area contributed by atoms with Gasteiger partial charge in [0.15, 0.2) is 0 Å². The summed E-state index contributed by atoms with van der Waals surface area (Å²) in [7, 11) is 1.95. The van der Waals surface area contributed by atoms with Gasteiger partial charge in [0.05, 0.1) is 6.54 Å². The third kappa shape index (κ3) is 6.25. The number of hydrogen-bond donors (Lipinski definition) is 2. The second-order valence-electron chi connectivity index (χ2n) is 4.95. The van der Waals surface area contributed by atoms with Crippen molar-refractivity contribution >= 4 is 11.8 Å². The van der Waals surface area contributed by atoms with E-state index in [9.17, 15) is 9.59 Å². The Balaban J connectivity index is 2.19. The lowest BCUT2D eigenvalue weighted by Crippen LogP contribution is -2.46. The molecule has 0 aromatic rings. The van der Waals surface area contributed by atoms with Crippen LogP contribution in [-0.4, -0.2) is 49.4 Å². The van der Waals surface area contributed by atoms with Gasteiger partial charge in [-0.2, -0.15) is 0 Å². The minimum absolute atomic E-state index is 0.0218. The fourth-order valence-corrected chi connectivity index (χ4v) is 2.09. The van der Waals surface area contributed by atoms with Crippen LogP contribution in [0, 0.1) is 12.3 Å². The van der Waals surface area contributed by atoms with Crippen LogP contribution in [0.5, 0.6) is 0 Å². The standard InChI is InChI=1S/C14H23N3O2/c1-3-10-17(2)11-6-9-15-14(19)12-7-4-5-8-13(18)16-12/h1,12H,4-11H2,2H3,(H,15,19)(H,16,18)/t12-/m1/s1. The molecule has 1 saturated heterocycles. The molecule has 0 aromatic heterocycles. The SMILES string of the molecule is C#CCN(C)CCCNC(=O)[C@H]1CCCCC(=O)N1. The molecule has 0 saturated carbocycles. The summed E-state index contributed by atoms with van der Waals surface area (Å²) < 4.78 is 0. The summed E-state index contributed by atoms with van der Waals surface area (Å²) in [5.41, 5.74) is 0. The highest BCUT2D eigenvalue weighted by atomic mass is 16.2. The number of carbonyl (C=O) groups excluding carboxylic acids is 2. The van der Waals surface area contributed by atoms with Gasteiger partial charge in [0.25, 0.3) is 0 Å². The summed E-state index contributed by atoms with van der Waals surface area (Å²) in [5, 5.41) is 5.63.